The van der Waals surface area contributed by atoms with Crippen molar-refractivity contribution < 1.29 is 9.47 Å². The maximum absolute atomic E-state index is 6.09. The van der Waals surface area contributed by atoms with Gasteiger partial charge in [0.1, 0.15) is 28.9 Å². The normalized spacial score (nSPS) is 15.9. The number of para-hydroxylation sites is 4. The first-order valence-corrected chi connectivity index (χ1v) is 8.36. The minimum absolute atomic E-state index is 0.0488. The van der Waals surface area contributed by atoms with Gasteiger partial charge in [0.2, 0.25) is 0 Å². The van der Waals surface area contributed by atoms with Gasteiger partial charge in [0.25, 0.3) is 0 Å². The predicted octanol–water partition coefficient (Wildman–Crippen LogP) is 5.40. The van der Waals surface area contributed by atoms with E-state index in [1.54, 1.807) is 0 Å². The molecular weight excluding hydrogens is 300 g/mol. The summed E-state index contributed by atoms with van der Waals surface area (Å²) in [5.41, 5.74) is 1.43. The van der Waals surface area contributed by atoms with Gasteiger partial charge in [0.05, 0.1) is 13.2 Å². The maximum atomic E-state index is 6.09. The molecule has 0 aromatic heterocycles. The Balaban J connectivity index is 2.06. The summed E-state index contributed by atoms with van der Waals surface area (Å²) in [6.45, 7) is 5.53. The van der Waals surface area contributed by atoms with Crippen molar-refractivity contribution in [3.63, 3.8) is 0 Å². The van der Waals surface area contributed by atoms with Crippen LogP contribution in [0.25, 0.3) is 0 Å². The zero-order chi connectivity index (χ0) is 16.8. The van der Waals surface area contributed by atoms with E-state index >= 15 is 0 Å². The zero-order valence-corrected chi connectivity index (χ0v) is 14.2. The van der Waals surface area contributed by atoms with E-state index < -0.39 is 0 Å². The molecule has 1 aliphatic heterocycles. The fraction of sp³-hybridized carbons (Fsp3) is 0.350. The van der Waals surface area contributed by atoms with Crippen molar-refractivity contribution in [3.05, 3.63) is 48.5 Å². The zero-order valence-electron chi connectivity index (χ0n) is 14.2. The summed E-state index contributed by atoms with van der Waals surface area (Å²) < 4.78 is 12.2. The molecule has 2 aromatic rings. The van der Waals surface area contributed by atoms with Crippen LogP contribution < -0.4 is 9.47 Å². The largest absolute Gasteiger partial charge is 0.491 e. The number of rotatable bonds is 2. The molecule has 1 aliphatic rings. The van der Waals surface area contributed by atoms with Crippen LogP contribution in [0.2, 0.25) is 0 Å². The lowest BCUT2D eigenvalue weighted by Gasteiger charge is -2.31. The Morgan fingerprint density at radius 2 is 1.29 bits per heavy atom. The summed E-state index contributed by atoms with van der Waals surface area (Å²) in [5, 5.41) is 0. The second-order valence-corrected chi connectivity index (χ2v) is 6.04. The van der Waals surface area contributed by atoms with Crippen molar-refractivity contribution in [2.45, 2.75) is 26.7 Å². The summed E-state index contributed by atoms with van der Waals surface area (Å²) in [7, 11) is 0. The van der Waals surface area contributed by atoms with Crippen molar-refractivity contribution in [3.8, 4) is 11.5 Å². The molecule has 1 heterocycles. The second-order valence-electron chi connectivity index (χ2n) is 6.04. The van der Waals surface area contributed by atoms with E-state index in [2.05, 4.69) is 29.8 Å². The lowest BCUT2D eigenvalue weighted by molar-refractivity contribution is 0.0710. The van der Waals surface area contributed by atoms with Crippen LogP contribution in [-0.2, 0) is 0 Å². The number of ether oxygens (including phenoxy) is 2. The average Bonchev–Trinajstić information content (AvgIpc) is 2.63. The van der Waals surface area contributed by atoms with Gasteiger partial charge in [-0.1, -0.05) is 38.1 Å². The van der Waals surface area contributed by atoms with Crippen molar-refractivity contribution in [2.24, 2.45) is 15.4 Å². The van der Waals surface area contributed by atoms with Gasteiger partial charge in [0.15, 0.2) is 0 Å². The number of benzene rings is 2. The molecule has 24 heavy (non-hydrogen) atoms. The van der Waals surface area contributed by atoms with Gasteiger partial charge in [-0.2, -0.15) is 9.98 Å². The highest BCUT2D eigenvalue weighted by atomic mass is 16.5. The molecule has 0 bridgehead atoms. The highest BCUT2D eigenvalue weighted by molar-refractivity contribution is 5.64. The molecule has 2 aromatic carbocycles. The quantitative estimate of drug-likeness (QED) is 0.743. The van der Waals surface area contributed by atoms with Gasteiger partial charge in [-0.3, -0.25) is 0 Å². The van der Waals surface area contributed by atoms with Gasteiger partial charge < -0.3 is 9.47 Å². The first-order chi connectivity index (χ1) is 11.8. The highest BCUT2D eigenvalue weighted by Gasteiger charge is 2.29. The van der Waals surface area contributed by atoms with E-state index in [9.17, 15) is 0 Å². The molecular formula is C20H22N2O2. The van der Waals surface area contributed by atoms with Gasteiger partial charge in [0, 0.05) is 5.41 Å². The Morgan fingerprint density at radius 1 is 0.833 bits per heavy atom. The van der Waals surface area contributed by atoms with Gasteiger partial charge in [-0.05, 0) is 37.1 Å². The van der Waals surface area contributed by atoms with Crippen LogP contribution in [0.5, 0.6) is 11.5 Å². The average molecular weight is 322 g/mol. The Hall–Kier alpha value is -2.58. The fourth-order valence-electron chi connectivity index (χ4n) is 2.64. The van der Waals surface area contributed by atoms with E-state index in [0.717, 1.165) is 35.7 Å². The smallest absolute Gasteiger partial charge is 0.145 e. The molecule has 0 amide bonds. The van der Waals surface area contributed by atoms with Crippen molar-refractivity contribution in [1.82, 2.24) is 0 Å². The van der Waals surface area contributed by atoms with E-state index in [4.69, 9.17) is 9.47 Å². The SMILES string of the molecule is CCC1(CC)COc2ccccc2N=C=Nc2ccccc2OC1. The first-order valence-electron chi connectivity index (χ1n) is 8.36. The lowest BCUT2D eigenvalue weighted by Crippen LogP contribution is -2.34. The van der Waals surface area contributed by atoms with E-state index in [1.807, 2.05) is 48.5 Å². The third kappa shape index (κ3) is 3.50. The molecule has 0 radical (unpaired) electrons. The van der Waals surface area contributed by atoms with Gasteiger partial charge in [-0.15, -0.1) is 0 Å². The van der Waals surface area contributed by atoms with E-state index in [1.165, 1.54) is 0 Å². The Morgan fingerprint density at radius 3 is 1.75 bits per heavy atom. The molecule has 0 spiro atoms. The number of hydrogen-bond acceptors (Lipinski definition) is 4. The minimum Gasteiger partial charge on any atom is -0.491 e. The van der Waals surface area contributed by atoms with Crippen LogP contribution in [0.4, 0.5) is 11.4 Å². The third-order valence-corrected chi connectivity index (χ3v) is 4.64. The Kier molecular flexibility index (Phi) is 4.97. The van der Waals surface area contributed by atoms with Crippen molar-refractivity contribution in [1.29, 1.82) is 0 Å². The highest BCUT2D eigenvalue weighted by Crippen LogP contribution is 2.35. The molecule has 0 unspecified atom stereocenters. The molecule has 4 heteroatoms. The van der Waals surface area contributed by atoms with E-state index in [0.29, 0.717) is 13.2 Å². The summed E-state index contributed by atoms with van der Waals surface area (Å²) in [4.78, 5) is 8.64. The Labute approximate surface area is 142 Å². The van der Waals surface area contributed by atoms with Crippen molar-refractivity contribution in [2.75, 3.05) is 13.2 Å². The molecule has 4 nitrogen and oxygen atoms in total. The standard InChI is InChI=1S/C20H22N2O2/c1-3-20(4-2)13-23-18-11-7-5-9-16(18)21-15-22-17-10-6-8-12-19(17)24-14-20/h5-12H,3-4,13-14H2,1-2H3. The molecule has 0 saturated carbocycles. The summed E-state index contributed by atoms with van der Waals surface area (Å²) in [6.07, 6.45) is 1.95. The summed E-state index contributed by atoms with van der Waals surface area (Å²) in [6, 6.07) is 18.2. The van der Waals surface area contributed by atoms with Gasteiger partial charge >= 0.3 is 0 Å². The molecule has 124 valence electrons. The van der Waals surface area contributed by atoms with Crippen LogP contribution in [0.3, 0.4) is 0 Å². The van der Waals surface area contributed by atoms with Crippen LogP contribution in [0.15, 0.2) is 58.5 Å². The summed E-state index contributed by atoms with van der Waals surface area (Å²) >= 11 is 0. The number of aliphatic imine (C=N–C) groups is 2. The van der Waals surface area contributed by atoms with Gasteiger partial charge in [-0.25, -0.2) is 0 Å². The second kappa shape index (κ2) is 7.33. The topological polar surface area (TPSA) is 43.2 Å². The predicted molar refractivity (Wildman–Crippen MR) is 96.1 cm³/mol. The molecule has 0 aliphatic carbocycles. The molecule has 0 atom stereocenters. The Bertz CT molecular complexity index is 702. The number of nitrogens with zero attached hydrogens (tertiary/aromatic N) is 2. The first kappa shape index (κ1) is 16.3. The minimum atomic E-state index is -0.0488. The molecule has 0 N–H and O–H groups in total. The third-order valence-electron chi connectivity index (χ3n) is 4.64. The van der Waals surface area contributed by atoms with Crippen LogP contribution in [0, 0.1) is 5.41 Å². The lowest BCUT2D eigenvalue weighted by atomic mass is 9.84. The molecule has 0 fully saturated rings. The van der Waals surface area contributed by atoms with Crippen LogP contribution >= 0.6 is 0 Å². The molecule has 0 saturated heterocycles. The van der Waals surface area contributed by atoms with E-state index in [-0.39, 0.29) is 5.41 Å². The molecule has 3 rings (SSSR count). The van der Waals surface area contributed by atoms with Crippen LogP contribution in [-0.4, -0.2) is 19.2 Å². The van der Waals surface area contributed by atoms with Crippen molar-refractivity contribution >= 4 is 17.4 Å². The maximum Gasteiger partial charge on any atom is 0.145 e. The summed E-state index contributed by atoms with van der Waals surface area (Å²) in [5.74, 6) is 1.50. The van der Waals surface area contributed by atoms with Crippen LogP contribution in [0.1, 0.15) is 26.7 Å². The number of fused-ring (bicyclic) bond motifs is 2. The fourth-order valence-corrected chi connectivity index (χ4v) is 2.64. The number of hydrogen-bond donors (Lipinski definition) is 0. The monoisotopic (exact) mass is 322 g/mol.